The van der Waals surface area contributed by atoms with E-state index in [2.05, 4.69) is 46.2 Å². The Kier molecular flexibility index (Phi) is 42.3. The number of urea groups is 1. The minimum absolute atomic E-state index is 0.0193. The van der Waals surface area contributed by atoms with Gasteiger partial charge in [0.15, 0.2) is 39.3 Å². The van der Waals surface area contributed by atoms with Gasteiger partial charge in [0.1, 0.15) is 48.0 Å². The first kappa shape index (κ1) is 107. The van der Waals surface area contributed by atoms with Gasteiger partial charge in [0.2, 0.25) is 5.91 Å². The van der Waals surface area contributed by atoms with Gasteiger partial charge in [-0.25, -0.2) is 38.5 Å². The number of azo groups is 4. The van der Waals surface area contributed by atoms with Crippen molar-refractivity contribution in [2.75, 3.05) is 80.3 Å². The van der Waals surface area contributed by atoms with Crippen LogP contribution < -0.4 is 28.3 Å². The number of nitrogens with zero attached hydrogens (tertiary/aromatic N) is 8. The minimum atomic E-state index is -4.80. The third kappa shape index (κ3) is 36.6. The highest BCUT2D eigenvalue weighted by Gasteiger charge is 2.27. The van der Waals surface area contributed by atoms with Gasteiger partial charge < -0.3 is 48.7 Å². The standard InChI is InChI=1S/C20H20N4O7S2.C19H19N5O7S2.2C9H12N2O6S2.4O3S/c21-14-2-6-17(13(9-14)11-19(22)26)23-24-18-5-1-12-10-15(32(27,28)8-7-25)3-4-16(12)20(18)33(29,30)31;20-15-10-12(22-19(21)26)2-6-16(15)23-24-17-5-1-11-9-13(32(27,28)8-7-25)3-4-14(11)18(17)33(29,30)31;2*1-10-11-8-3-2-7(18(13,14)5-4-12)6-9(8)19(15,16)17;4*1-4(2)3/h1-6,9-10,25H,7-8,11,21H2,(H2,22,26)(H,29,30,31);1-6,9-10,25H,7-8,20H2,(H3,21,22,26)(H,29,30,31);2*2-3,6,12H,4-5H2,1H3,(H,15,16,17);;;;. The average molecular weight is 1920 g/mol. The van der Waals surface area contributed by atoms with Crippen LogP contribution in [-0.2, 0) is 133 Å². The number of rotatable bonds is 25. The molecule has 0 spiro atoms. The molecule has 120 heavy (non-hydrogen) atoms. The number of nitrogens with one attached hydrogen (secondary N) is 1. The number of carbonyl (C=O) groups excluding carboxylic acids is 2. The van der Waals surface area contributed by atoms with E-state index in [4.69, 9.17) is 103 Å². The van der Waals surface area contributed by atoms with Gasteiger partial charge in [0.05, 0.1) is 86.8 Å². The summed E-state index contributed by atoms with van der Waals surface area (Å²) < 4.78 is 328. The Morgan fingerprint density at radius 1 is 0.358 bits per heavy atom. The van der Waals surface area contributed by atoms with E-state index < -0.39 is 203 Å². The molecule has 63 heteroatoms. The maximum absolute atomic E-state index is 12.2. The lowest BCUT2D eigenvalue weighted by atomic mass is 10.1. The van der Waals surface area contributed by atoms with E-state index >= 15 is 0 Å². The van der Waals surface area contributed by atoms with Gasteiger partial charge in [-0.1, -0.05) is 24.3 Å². The number of sulfone groups is 4. The molecule has 17 N–H and O–H groups in total. The highest BCUT2D eigenvalue weighted by molar-refractivity contribution is 7.92. The summed E-state index contributed by atoms with van der Waals surface area (Å²) in [6.45, 7) is -2.34. The molecule has 8 aromatic rings. The van der Waals surface area contributed by atoms with Crippen LogP contribution in [0.3, 0.4) is 0 Å². The smallest absolute Gasteiger partial charge is 0.399 e. The lowest BCUT2D eigenvalue weighted by molar-refractivity contribution is -0.117. The molecule has 51 nitrogen and oxygen atoms in total. The van der Waals surface area contributed by atoms with E-state index in [1.54, 1.807) is 0 Å². The monoisotopic (exact) mass is 1920 g/mol. The Morgan fingerprint density at radius 3 is 0.942 bits per heavy atom. The number of fused-ring (bicyclic) bond motifs is 2. The van der Waals surface area contributed by atoms with E-state index in [1.165, 1.54) is 111 Å². The molecule has 0 bridgehead atoms. The van der Waals surface area contributed by atoms with Gasteiger partial charge in [0, 0.05) is 36.2 Å². The van der Waals surface area contributed by atoms with Crippen LogP contribution in [-0.4, -0.2) is 232 Å². The fourth-order valence-corrected chi connectivity index (χ4v) is 16.2. The van der Waals surface area contributed by atoms with Gasteiger partial charge in [-0.15, -0.1) is 65.8 Å². The molecule has 3 amide bonds. The summed E-state index contributed by atoms with van der Waals surface area (Å²) >= 11 is 0. The van der Waals surface area contributed by atoms with Crippen molar-refractivity contribution in [2.45, 2.75) is 45.6 Å². The van der Waals surface area contributed by atoms with E-state index in [0.29, 0.717) is 16.9 Å². The van der Waals surface area contributed by atoms with Crippen molar-refractivity contribution < 1.29 is 166 Å². The molecule has 0 unspecified atom stereocenters. The number of carbonyl (C=O) groups is 2. The molecule has 8 aromatic carbocycles. The Bertz CT molecular complexity index is 6520. The number of nitrogens with two attached hydrogens (primary N) is 4. The zero-order chi connectivity index (χ0) is 92.5. The van der Waals surface area contributed by atoms with E-state index in [-0.39, 0.29) is 87.4 Å². The summed E-state index contributed by atoms with van der Waals surface area (Å²) in [6, 6.07) is 26.6. The number of aliphatic hydroxyl groups is 4. The molecule has 8 rings (SSSR count). The molecule has 0 saturated carbocycles. The molecule has 0 aromatic heterocycles. The van der Waals surface area contributed by atoms with E-state index in [1.807, 2.05) is 0 Å². The number of primary amides is 2. The molecule has 0 atom stereocenters. The molecule has 656 valence electrons. The normalized spacial score (nSPS) is 11.7. The number of aliphatic hydroxyl groups excluding tert-OH is 4. The van der Waals surface area contributed by atoms with Gasteiger partial charge in [0.25, 0.3) is 40.5 Å². The number of benzene rings is 8. The molecule has 0 saturated heterocycles. The van der Waals surface area contributed by atoms with Crippen LogP contribution in [0.5, 0.6) is 0 Å². The van der Waals surface area contributed by atoms with E-state index in [0.717, 1.165) is 36.4 Å². The van der Waals surface area contributed by atoms with Crippen molar-refractivity contribution in [2.24, 2.45) is 52.4 Å². The number of hydrogen-bond acceptors (Lipinski definition) is 44. The quantitative estimate of drug-likeness (QED) is 0.0216. The minimum Gasteiger partial charge on any atom is -0.399 e. The molecule has 0 fully saturated rings. The Hall–Kier alpha value is -11.2. The summed E-state index contributed by atoms with van der Waals surface area (Å²) in [5.41, 5.74) is 22.6. The summed E-state index contributed by atoms with van der Waals surface area (Å²) in [7, 11) is -43.9. The van der Waals surface area contributed by atoms with Crippen LogP contribution in [0.1, 0.15) is 5.56 Å². The van der Waals surface area contributed by atoms with Crippen LogP contribution in [0.15, 0.2) is 214 Å². The molecule has 0 radical (unpaired) electrons. The highest BCUT2D eigenvalue weighted by Crippen LogP contribution is 2.39. The number of amides is 3. The maximum Gasteiger partial charge on any atom is 0.425 e. The summed E-state index contributed by atoms with van der Waals surface area (Å²) in [4.78, 5) is 18.9. The summed E-state index contributed by atoms with van der Waals surface area (Å²) in [5.74, 6) is -2.72. The van der Waals surface area contributed by atoms with Crippen LogP contribution in [0.4, 0.5) is 56.0 Å². The fourth-order valence-electron chi connectivity index (χ4n) is 8.86. The highest BCUT2D eigenvalue weighted by atomic mass is 32.2. The van der Waals surface area contributed by atoms with Crippen molar-refractivity contribution in [1.29, 1.82) is 0 Å². The second kappa shape index (κ2) is 47.5. The Morgan fingerprint density at radius 2 is 0.650 bits per heavy atom. The summed E-state index contributed by atoms with van der Waals surface area (Å²) in [6.07, 6.45) is -0.173. The third-order valence-corrected chi connectivity index (χ3v) is 23.8. The van der Waals surface area contributed by atoms with Crippen molar-refractivity contribution >= 4 is 207 Å². The van der Waals surface area contributed by atoms with Gasteiger partial charge in [-0.05, 0) is 126 Å². The molecular weight excluding hydrogens is 1860 g/mol. The van der Waals surface area contributed by atoms with Crippen molar-refractivity contribution in [3.8, 4) is 0 Å². The molecule has 0 aliphatic rings. The lowest BCUT2D eigenvalue weighted by Crippen LogP contribution is -2.19. The third-order valence-electron chi connectivity index (χ3n) is 13.4. The SMILES string of the molecule is CN=Nc1ccc(S(=O)(=O)CCO)cc1S(=O)(=O)O.CN=Nc1ccc(S(=O)(=O)CCO)cc1S(=O)(=O)O.NC(=O)Cc1cc(N)ccc1N=Nc1ccc2cc(S(=O)(=O)CCO)ccc2c1S(=O)(=O)O.NC(=O)Nc1ccc(N=Nc2ccc3cc(S(=O)(=O)CCO)ccc3c2S(=O)(=O)O)c(N)c1.O=S(=O)=O.O=S(=O)=O.O=S(=O)=O.O=S(=O)=O. The second-order valence-corrected chi connectivity index (χ2v) is 37.1. The maximum atomic E-state index is 12.2. The topological polar surface area (TPSA) is 889 Å². The fraction of sp³-hybridized carbons (Fsp3) is 0.193. The number of anilines is 3. The van der Waals surface area contributed by atoms with E-state index in [9.17, 15) is 86.0 Å². The summed E-state index contributed by atoms with van der Waals surface area (Å²) in [5, 5.41) is 67.4. The predicted octanol–water partition coefficient (Wildman–Crippen LogP) is 1.03. The van der Waals surface area contributed by atoms with Crippen LogP contribution in [0.25, 0.3) is 21.5 Å². The molecule has 0 aliphatic carbocycles. The first-order chi connectivity index (χ1) is 55.2. The molecule has 0 heterocycles. The lowest BCUT2D eigenvalue weighted by Gasteiger charge is -2.10. The van der Waals surface area contributed by atoms with Crippen LogP contribution in [0, 0.1) is 0 Å². The second-order valence-electron chi connectivity index (χ2n) is 21.5. The van der Waals surface area contributed by atoms with Crippen molar-refractivity contribution in [1.82, 2.24) is 0 Å². The molecular formula is C57H63N13O38S12. The Balaban J connectivity index is 0.000000771. The van der Waals surface area contributed by atoms with Crippen molar-refractivity contribution in [3.05, 3.63) is 139 Å². The first-order valence-corrected chi connectivity index (χ1v) is 46.9. The number of hydrogen-bond donors (Lipinski definition) is 13. The predicted molar refractivity (Wildman–Crippen MR) is 412 cm³/mol. The zero-order valence-corrected chi connectivity index (χ0v) is 70.0. The molecule has 0 aliphatic heterocycles. The average Bonchev–Trinajstić information content (AvgIpc) is 0.768. The van der Waals surface area contributed by atoms with Gasteiger partial charge >= 0.3 is 48.5 Å². The van der Waals surface area contributed by atoms with Crippen LogP contribution >= 0.6 is 0 Å². The Labute approximate surface area is 685 Å². The first-order valence-electron chi connectivity index (χ1n) is 30.5. The van der Waals surface area contributed by atoms with Crippen molar-refractivity contribution in [3.63, 3.8) is 0 Å². The van der Waals surface area contributed by atoms with Crippen LogP contribution in [0.2, 0.25) is 0 Å². The number of nitrogen functional groups attached to an aromatic ring is 2. The van der Waals surface area contributed by atoms with Gasteiger partial charge in [-0.3, -0.25) is 23.0 Å². The zero-order valence-electron chi connectivity index (χ0n) is 60.2. The van der Waals surface area contributed by atoms with Gasteiger partial charge in [-0.2, -0.15) is 59.2 Å². The largest absolute Gasteiger partial charge is 0.425 e.